The summed E-state index contributed by atoms with van der Waals surface area (Å²) in [6.45, 7) is 0.956. The number of rotatable bonds is 0. The molecule has 0 aromatic heterocycles. The molecule has 1 aliphatic heterocycles. The second-order valence-electron chi connectivity index (χ2n) is 2.03. The van der Waals surface area contributed by atoms with Gasteiger partial charge in [-0.25, -0.2) is 8.42 Å². The quantitative estimate of drug-likeness (QED) is 0.578. The van der Waals surface area contributed by atoms with Crippen LogP contribution in [0.15, 0.2) is 10.2 Å². The van der Waals surface area contributed by atoms with Gasteiger partial charge in [-0.05, 0) is 6.92 Å². The van der Waals surface area contributed by atoms with E-state index >= 15 is 0 Å². The van der Waals surface area contributed by atoms with E-state index in [2.05, 4.69) is 10.2 Å². The minimum absolute atomic E-state index is 0.630. The van der Waals surface area contributed by atoms with Gasteiger partial charge < -0.3 is 0 Å². The van der Waals surface area contributed by atoms with Crippen LogP contribution in [0.3, 0.4) is 0 Å². The van der Waals surface area contributed by atoms with Crippen molar-refractivity contribution >= 4 is 19.9 Å². The number of sulfone groups is 1. The first-order valence-electron chi connectivity index (χ1n) is 2.71. The van der Waals surface area contributed by atoms with E-state index in [1.807, 2.05) is 0 Å². The van der Waals surface area contributed by atoms with Crippen molar-refractivity contribution in [1.82, 2.24) is 0 Å². The lowest BCUT2D eigenvalue weighted by molar-refractivity contribution is -0.0558. The molecule has 12 heavy (non-hydrogen) atoms. The molecule has 0 atom stereocenters. The van der Waals surface area contributed by atoms with Crippen molar-refractivity contribution in [3.8, 4) is 0 Å². The van der Waals surface area contributed by atoms with Crippen molar-refractivity contribution in [1.29, 1.82) is 0 Å². The Labute approximate surface area is 65.7 Å². The van der Waals surface area contributed by atoms with Gasteiger partial charge in [-0.15, -0.1) is 10.2 Å². The third-order valence-corrected chi connectivity index (χ3v) is 2.85. The highest BCUT2D eigenvalue weighted by molar-refractivity contribution is 8.19. The topological polar surface area (TPSA) is 58.9 Å². The second-order valence-corrected chi connectivity index (χ2v) is 4.01. The molecule has 0 fully saturated rings. The molecule has 4 nitrogen and oxygen atoms in total. The van der Waals surface area contributed by atoms with Crippen LogP contribution in [0.2, 0.25) is 0 Å². The van der Waals surface area contributed by atoms with Crippen LogP contribution >= 0.6 is 0 Å². The number of hydrogen-bond acceptors (Lipinski definition) is 4. The molecule has 0 unspecified atom stereocenters. The highest BCUT2D eigenvalue weighted by Gasteiger charge is 2.48. The second kappa shape index (κ2) is 2.28. The maximum absolute atomic E-state index is 11.8. The summed E-state index contributed by atoms with van der Waals surface area (Å²) >= 11 is 0. The lowest BCUT2D eigenvalue weighted by Crippen LogP contribution is -2.31. The number of hydrogen-bond donors (Lipinski definition) is 0. The van der Waals surface area contributed by atoms with E-state index < -0.39 is 26.1 Å². The van der Waals surface area contributed by atoms with Crippen LogP contribution in [0.1, 0.15) is 6.92 Å². The average Bonchev–Trinajstić information content (AvgIpc) is 2.06. The molecule has 1 heterocycles. The van der Waals surface area contributed by atoms with Gasteiger partial charge in [0.15, 0.2) is 5.04 Å². The SMILES string of the molecule is CC1=NN=C(C(F)(F)F)S1(=O)=O. The fourth-order valence-electron chi connectivity index (χ4n) is 0.572. The molecule has 0 spiro atoms. The predicted octanol–water partition coefficient (Wildman–Crippen LogP) is 0.709. The molecular formula is C4H3F3N2O2S. The van der Waals surface area contributed by atoms with Gasteiger partial charge >= 0.3 is 6.18 Å². The number of halogens is 3. The molecule has 0 saturated heterocycles. The van der Waals surface area contributed by atoms with Gasteiger partial charge in [-0.2, -0.15) is 13.2 Å². The Kier molecular flexibility index (Phi) is 1.74. The molecule has 0 radical (unpaired) electrons. The minimum atomic E-state index is -4.96. The van der Waals surface area contributed by atoms with Crippen LogP contribution in [0, 0.1) is 0 Å². The Balaban J connectivity index is 3.21. The fourth-order valence-corrected chi connectivity index (χ4v) is 1.45. The molecule has 0 aromatic rings. The zero-order valence-electron chi connectivity index (χ0n) is 5.75. The van der Waals surface area contributed by atoms with E-state index in [1.54, 1.807) is 0 Å². The van der Waals surface area contributed by atoms with Crippen molar-refractivity contribution in [2.45, 2.75) is 13.1 Å². The summed E-state index contributed by atoms with van der Waals surface area (Å²) < 4.78 is 57.1. The van der Waals surface area contributed by atoms with Gasteiger partial charge in [0, 0.05) is 0 Å². The maximum atomic E-state index is 11.8. The molecule has 0 aliphatic carbocycles. The normalized spacial score (nSPS) is 22.0. The summed E-state index contributed by atoms with van der Waals surface area (Å²) in [4.78, 5) is 0. The molecule has 0 N–H and O–H groups in total. The van der Waals surface area contributed by atoms with E-state index in [-0.39, 0.29) is 0 Å². The van der Waals surface area contributed by atoms with Gasteiger partial charge in [0.2, 0.25) is 9.84 Å². The van der Waals surface area contributed by atoms with Crippen LogP contribution in [-0.4, -0.2) is 24.7 Å². The van der Waals surface area contributed by atoms with Crippen LogP contribution < -0.4 is 0 Å². The Bertz CT molecular complexity index is 364. The summed E-state index contributed by atoms with van der Waals surface area (Å²) in [6, 6.07) is 0. The van der Waals surface area contributed by atoms with Crippen LogP contribution in [0.5, 0.6) is 0 Å². The fraction of sp³-hybridized carbons (Fsp3) is 0.500. The van der Waals surface area contributed by atoms with Crippen LogP contribution in [0.25, 0.3) is 0 Å². The third-order valence-electron chi connectivity index (χ3n) is 1.17. The molecule has 1 rings (SSSR count). The minimum Gasteiger partial charge on any atom is -0.216 e. The average molecular weight is 200 g/mol. The van der Waals surface area contributed by atoms with Crippen molar-refractivity contribution in [2.75, 3.05) is 0 Å². The maximum Gasteiger partial charge on any atom is 0.446 e. The third kappa shape index (κ3) is 1.22. The first kappa shape index (κ1) is 9.17. The van der Waals surface area contributed by atoms with Crippen molar-refractivity contribution in [2.24, 2.45) is 10.2 Å². The van der Waals surface area contributed by atoms with E-state index in [9.17, 15) is 21.6 Å². The summed E-state index contributed by atoms with van der Waals surface area (Å²) in [5.74, 6) is 0. The van der Waals surface area contributed by atoms with Crippen molar-refractivity contribution in [3.05, 3.63) is 0 Å². The highest BCUT2D eigenvalue weighted by Crippen LogP contribution is 2.25. The zero-order chi connectivity index (χ0) is 9.57. The van der Waals surface area contributed by atoms with E-state index in [1.165, 1.54) is 0 Å². The molecule has 0 bridgehead atoms. The zero-order valence-corrected chi connectivity index (χ0v) is 6.57. The highest BCUT2D eigenvalue weighted by atomic mass is 32.2. The van der Waals surface area contributed by atoms with Crippen molar-refractivity contribution < 1.29 is 21.6 Å². The standard InChI is InChI=1S/C4H3F3N2O2S/c1-2-8-9-3(4(5,6)7)12(2,10)11/h1H3. The molecule has 0 amide bonds. The Morgan fingerprint density at radius 2 is 1.75 bits per heavy atom. The monoisotopic (exact) mass is 200 g/mol. The lowest BCUT2D eigenvalue weighted by Gasteiger charge is -2.03. The Hall–Kier alpha value is -0.920. The van der Waals surface area contributed by atoms with Gasteiger partial charge in [-0.3, -0.25) is 0 Å². The van der Waals surface area contributed by atoms with E-state index in [0.29, 0.717) is 0 Å². The summed E-state index contributed by atoms with van der Waals surface area (Å²) in [5.41, 5.74) is 0. The van der Waals surface area contributed by atoms with Crippen LogP contribution in [0.4, 0.5) is 13.2 Å². The van der Waals surface area contributed by atoms with Gasteiger partial charge in [0.25, 0.3) is 5.04 Å². The molecule has 8 heteroatoms. The molecule has 0 saturated carbocycles. The summed E-state index contributed by atoms with van der Waals surface area (Å²) in [6.07, 6.45) is -4.96. The van der Waals surface area contributed by atoms with Gasteiger partial charge in [-0.1, -0.05) is 0 Å². The first-order chi connectivity index (χ1) is 5.26. The predicted molar refractivity (Wildman–Crippen MR) is 35.5 cm³/mol. The largest absolute Gasteiger partial charge is 0.446 e. The lowest BCUT2D eigenvalue weighted by atomic mass is 10.7. The van der Waals surface area contributed by atoms with Gasteiger partial charge in [0.1, 0.15) is 0 Å². The summed E-state index contributed by atoms with van der Waals surface area (Å²) in [5, 5.41) is 2.90. The Morgan fingerprint density at radius 3 is 1.92 bits per heavy atom. The van der Waals surface area contributed by atoms with E-state index in [4.69, 9.17) is 0 Å². The molecule has 68 valence electrons. The summed E-state index contributed by atoms with van der Waals surface area (Å²) in [7, 11) is -4.45. The van der Waals surface area contributed by atoms with Crippen LogP contribution in [-0.2, 0) is 9.84 Å². The first-order valence-corrected chi connectivity index (χ1v) is 4.19. The Morgan fingerprint density at radius 1 is 1.25 bits per heavy atom. The molecular weight excluding hydrogens is 197 g/mol. The van der Waals surface area contributed by atoms with Crippen molar-refractivity contribution in [3.63, 3.8) is 0 Å². The number of nitrogens with zero attached hydrogens (tertiary/aromatic N) is 2. The molecule has 0 aromatic carbocycles. The number of alkyl halides is 3. The smallest absolute Gasteiger partial charge is 0.216 e. The van der Waals surface area contributed by atoms with Gasteiger partial charge in [0.05, 0.1) is 0 Å². The van der Waals surface area contributed by atoms with E-state index in [0.717, 1.165) is 6.92 Å². The molecule has 1 aliphatic rings.